The number of halogens is 1. The van der Waals surface area contributed by atoms with Crippen molar-refractivity contribution < 1.29 is 0 Å². The minimum atomic E-state index is -0.0815. The summed E-state index contributed by atoms with van der Waals surface area (Å²) in [5.74, 6) is 0. The predicted molar refractivity (Wildman–Crippen MR) is 134 cm³/mol. The Labute approximate surface area is 196 Å². The van der Waals surface area contributed by atoms with E-state index in [9.17, 15) is 4.79 Å². The van der Waals surface area contributed by atoms with Crippen molar-refractivity contribution in [1.82, 2.24) is 24.1 Å². The lowest BCUT2D eigenvalue weighted by Crippen LogP contribution is -2.20. The van der Waals surface area contributed by atoms with Gasteiger partial charge >= 0.3 is 0 Å². The van der Waals surface area contributed by atoms with Gasteiger partial charge < -0.3 is 0 Å². The van der Waals surface area contributed by atoms with Gasteiger partial charge in [-0.05, 0) is 43.2 Å². The Kier molecular flexibility index (Phi) is 5.85. The molecular weight excluding hydrogens is 434 g/mol. The van der Waals surface area contributed by atoms with E-state index >= 15 is 0 Å². The van der Waals surface area contributed by atoms with Crippen LogP contribution in [0.5, 0.6) is 0 Å². The number of unbranched alkanes of at least 4 members (excludes halogenated alkanes) is 4. The molecule has 0 aliphatic carbocycles. The fraction of sp³-hybridized carbons (Fsp3) is 0.308. The minimum absolute atomic E-state index is 0.0815. The molecule has 3 aromatic heterocycles. The molecule has 0 saturated heterocycles. The van der Waals surface area contributed by atoms with Crippen molar-refractivity contribution in [3.05, 3.63) is 69.7 Å². The van der Waals surface area contributed by atoms with Gasteiger partial charge in [0, 0.05) is 11.6 Å². The van der Waals surface area contributed by atoms with Crippen molar-refractivity contribution in [3.8, 4) is 5.69 Å². The van der Waals surface area contributed by atoms with Crippen molar-refractivity contribution in [2.75, 3.05) is 0 Å². The Morgan fingerprint density at radius 1 is 0.939 bits per heavy atom. The Morgan fingerprint density at radius 3 is 2.45 bits per heavy atom. The largest absolute Gasteiger partial charge is 0.299 e. The van der Waals surface area contributed by atoms with E-state index in [1.807, 2.05) is 54.0 Å². The molecule has 5 rings (SSSR count). The lowest BCUT2D eigenvalue weighted by molar-refractivity contribution is 0.556. The molecule has 0 bridgehead atoms. The fourth-order valence-electron chi connectivity index (χ4n) is 4.28. The third-order valence-electron chi connectivity index (χ3n) is 6.15. The highest BCUT2D eigenvalue weighted by atomic mass is 35.5. The highest BCUT2D eigenvalue weighted by Crippen LogP contribution is 2.30. The molecule has 5 aromatic rings. The van der Waals surface area contributed by atoms with Gasteiger partial charge in [0.15, 0.2) is 11.3 Å². The Bertz CT molecular complexity index is 1540. The highest BCUT2D eigenvalue weighted by molar-refractivity contribution is 6.31. The zero-order valence-electron chi connectivity index (χ0n) is 18.9. The summed E-state index contributed by atoms with van der Waals surface area (Å²) in [5, 5.41) is 1.15. The van der Waals surface area contributed by atoms with Crippen LogP contribution in [0.2, 0.25) is 5.02 Å². The molecule has 0 fully saturated rings. The van der Waals surface area contributed by atoms with Gasteiger partial charge in [0.1, 0.15) is 10.9 Å². The molecular formula is C26H26ClN5O. The van der Waals surface area contributed by atoms with Crippen LogP contribution in [0.3, 0.4) is 0 Å². The van der Waals surface area contributed by atoms with Crippen molar-refractivity contribution in [2.24, 2.45) is 0 Å². The Hall–Kier alpha value is -3.25. The molecule has 0 atom stereocenters. The topological polar surface area (TPSA) is 65.6 Å². The summed E-state index contributed by atoms with van der Waals surface area (Å²) in [5.41, 5.74) is 4.95. The standard InChI is InChI=1S/C26H26ClN5O/c1-3-4-5-6-9-14-31-16-28-24-22(26(31)33)23-25(30-21-11-8-7-10-20(21)29-23)32(24)18-13-12-17(2)19(27)15-18/h7-8,10-13,15-16H,3-6,9,14H2,1-2H3. The van der Waals surface area contributed by atoms with Crippen LogP contribution in [0, 0.1) is 6.92 Å². The zero-order valence-corrected chi connectivity index (χ0v) is 19.6. The van der Waals surface area contributed by atoms with Gasteiger partial charge in [0.25, 0.3) is 5.56 Å². The molecule has 0 aliphatic heterocycles. The second-order valence-corrected chi connectivity index (χ2v) is 8.92. The van der Waals surface area contributed by atoms with Crippen molar-refractivity contribution in [3.63, 3.8) is 0 Å². The monoisotopic (exact) mass is 459 g/mol. The maximum absolute atomic E-state index is 13.6. The number of nitrogens with zero attached hydrogens (tertiary/aromatic N) is 5. The second-order valence-electron chi connectivity index (χ2n) is 8.51. The van der Waals surface area contributed by atoms with E-state index < -0.39 is 0 Å². The van der Waals surface area contributed by atoms with Crippen molar-refractivity contribution in [1.29, 1.82) is 0 Å². The van der Waals surface area contributed by atoms with Crippen LogP contribution in [0.15, 0.2) is 53.6 Å². The molecule has 0 amide bonds. The van der Waals surface area contributed by atoms with Gasteiger partial charge in [-0.3, -0.25) is 13.9 Å². The predicted octanol–water partition coefficient (Wildman–Crippen LogP) is 6.22. The Morgan fingerprint density at radius 2 is 1.70 bits per heavy atom. The van der Waals surface area contributed by atoms with E-state index in [-0.39, 0.29) is 5.56 Å². The molecule has 0 aliphatic rings. The van der Waals surface area contributed by atoms with Gasteiger partial charge in [-0.25, -0.2) is 15.0 Å². The van der Waals surface area contributed by atoms with Crippen molar-refractivity contribution >= 4 is 44.8 Å². The molecule has 0 saturated carbocycles. The average molecular weight is 460 g/mol. The molecule has 0 N–H and O–H groups in total. The van der Waals surface area contributed by atoms with Crippen LogP contribution in [0.4, 0.5) is 0 Å². The first kappa shape index (κ1) is 21.6. The van der Waals surface area contributed by atoms with Gasteiger partial charge in [0.05, 0.1) is 23.0 Å². The number of fused-ring (bicyclic) bond motifs is 4. The summed E-state index contributed by atoms with van der Waals surface area (Å²) in [4.78, 5) is 28.0. The van der Waals surface area contributed by atoms with E-state index in [2.05, 4.69) is 6.92 Å². The zero-order chi connectivity index (χ0) is 22.9. The molecule has 2 aromatic carbocycles. The third-order valence-corrected chi connectivity index (χ3v) is 6.55. The normalized spacial score (nSPS) is 11.7. The van der Waals surface area contributed by atoms with Crippen LogP contribution < -0.4 is 5.56 Å². The summed E-state index contributed by atoms with van der Waals surface area (Å²) >= 11 is 6.44. The number of hydrogen-bond acceptors (Lipinski definition) is 4. The maximum Gasteiger partial charge on any atom is 0.265 e. The first-order valence-corrected chi connectivity index (χ1v) is 11.9. The number of aryl methyl sites for hydroxylation is 2. The number of rotatable bonds is 7. The summed E-state index contributed by atoms with van der Waals surface area (Å²) in [6.45, 7) is 4.81. The Balaban J connectivity index is 1.74. The molecule has 168 valence electrons. The number of hydrogen-bond donors (Lipinski definition) is 0. The number of benzene rings is 2. The second kappa shape index (κ2) is 8.94. The molecule has 0 radical (unpaired) electrons. The smallest absolute Gasteiger partial charge is 0.265 e. The first-order chi connectivity index (χ1) is 16.1. The fourth-order valence-corrected chi connectivity index (χ4v) is 4.46. The quantitative estimate of drug-likeness (QED) is 0.271. The summed E-state index contributed by atoms with van der Waals surface area (Å²) in [7, 11) is 0. The van der Waals surface area contributed by atoms with Gasteiger partial charge in [0.2, 0.25) is 0 Å². The van der Waals surface area contributed by atoms with Crippen LogP contribution >= 0.6 is 11.6 Å². The van der Waals surface area contributed by atoms with Crippen LogP contribution in [-0.2, 0) is 6.54 Å². The van der Waals surface area contributed by atoms with Gasteiger partial charge in [-0.1, -0.05) is 62.4 Å². The van der Waals surface area contributed by atoms with E-state index in [4.69, 9.17) is 26.6 Å². The first-order valence-electron chi connectivity index (χ1n) is 11.5. The lowest BCUT2D eigenvalue weighted by Gasteiger charge is -2.09. The van der Waals surface area contributed by atoms with E-state index in [1.54, 1.807) is 10.9 Å². The molecule has 0 spiro atoms. The third kappa shape index (κ3) is 3.89. The lowest BCUT2D eigenvalue weighted by atomic mass is 10.1. The number of para-hydroxylation sites is 2. The average Bonchev–Trinajstić information content (AvgIpc) is 3.14. The van der Waals surface area contributed by atoms with Crippen LogP contribution in [0.25, 0.3) is 38.9 Å². The summed E-state index contributed by atoms with van der Waals surface area (Å²) < 4.78 is 3.60. The molecule has 6 nitrogen and oxygen atoms in total. The van der Waals surface area contributed by atoms with E-state index in [0.717, 1.165) is 35.1 Å². The highest BCUT2D eigenvalue weighted by Gasteiger charge is 2.21. The molecule has 3 heterocycles. The SMILES string of the molecule is CCCCCCCn1cnc2c(c1=O)c1nc3ccccc3nc1n2-c1ccc(C)c(Cl)c1. The molecule has 7 heteroatoms. The number of aromatic nitrogens is 5. The maximum atomic E-state index is 13.6. The molecule has 33 heavy (non-hydrogen) atoms. The van der Waals surface area contributed by atoms with Crippen LogP contribution in [-0.4, -0.2) is 24.1 Å². The van der Waals surface area contributed by atoms with Gasteiger partial charge in [-0.15, -0.1) is 0 Å². The summed E-state index contributed by atoms with van der Waals surface area (Å²) in [6.07, 6.45) is 7.31. The van der Waals surface area contributed by atoms with Crippen LogP contribution in [0.1, 0.15) is 44.6 Å². The summed E-state index contributed by atoms with van der Waals surface area (Å²) in [6, 6.07) is 13.5. The van der Waals surface area contributed by atoms with E-state index in [0.29, 0.717) is 33.8 Å². The van der Waals surface area contributed by atoms with Crippen molar-refractivity contribution in [2.45, 2.75) is 52.5 Å². The van der Waals surface area contributed by atoms with Gasteiger partial charge in [-0.2, -0.15) is 0 Å². The molecule has 0 unspecified atom stereocenters. The minimum Gasteiger partial charge on any atom is -0.299 e. The van der Waals surface area contributed by atoms with E-state index in [1.165, 1.54) is 19.3 Å².